The van der Waals surface area contributed by atoms with E-state index >= 15 is 0 Å². The average molecular weight is 245 g/mol. The van der Waals surface area contributed by atoms with E-state index in [9.17, 15) is 9.59 Å². The minimum absolute atomic E-state index is 0.0460. The van der Waals surface area contributed by atoms with Crippen LogP contribution in [-0.4, -0.2) is 55.2 Å². The molecular weight excluding hydrogens is 220 g/mol. The first-order valence-electron chi connectivity index (χ1n) is 6.10. The van der Waals surface area contributed by atoms with Gasteiger partial charge in [0, 0.05) is 5.92 Å². The lowest BCUT2D eigenvalue weighted by Crippen LogP contribution is -2.47. The minimum Gasteiger partial charge on any atom is -0.481 e. The molecular formula is C12H25N2O3+. The van der Waals surface area contributed by atoms with Gasteiger partial charge in [-0.1, -0.05) is 13.8 Å². The van der Waals surface area contributed by atoms with Crippen molar-refractivity contribution >= 4 is 11.9 Å². The molecule has 0 saturated carbocycles. The summed E-state index contributed by atoms with van der Waals surface area (Å²) in [5, 5.41) is 11.5. The van der Waals surface area contributed by atoms with Gasteiger partial charge in [0.15, 0.2) is 0 Å². The number of nitrogens with one attached hydrogen (secondary N) is 1. The fourth-order valence-electron chi connectivity index (χ4n) is 1.35. The lowest BCUT2D eigenvalue weighted by atomic mass is 10.1. The quantitative estimate of drug-likeness (QED) is 0.619. The number of carboxylic acid groups (broad SMARTS) is 1. The lowest BCUT2D eigenvalue weighted by molar-refractivity contribution is -0.888. The third-order valence-electron chi connectivity index (χ3n) is 3.01. The van der Waals surface area contributed by atoms with Crippen LogP contribution in [0.15, 0.2) is 0 Å². The second-order valence-corrected chi connectivity index (χ2v) is 5.13. The molecule has 2 N–H and O–H groups in total. The second-order valence-electron chi connectivity index (χ2n) is 5.13. The number of quaternary nitrogens is 1. The Kier molecular flexibility index (Phi) is 6.80. The predicted octanol–water partition coefficient (Wildman–Crippen LogP) is 0.700. The number of hydrogen-bond donors (Lipinski definition) is 2. The first-order chi connectivity index (χ1) is 7.78. The molecule has 0 aromatic rings. The number of likely N-dealkylation sites (N-methyl/N-ethyl adjacent to an activating group) is 1. The van der Waals surface area contributed by atoms with Crippen LogP contribution in [-0.2, 0) is 9.59 Å². The largest absolute Gasteiger partial charge is 0.481 e. The summed E-state index contributed by atoms with van der Waals surface area (Å²) in [6.07, 6.45) is 0.995. The van der Waals surface area contributed by atoms with Crippen LogP contribution in [0.2, 0.25) is 0 Å². The third kappa shape index (κ3) is 7.74. The Morgan fingerprint density at radius 1 is 1.29 bits per heavy atom. The summed E-state index contributed by atoms with van der Waals surface area (Å²) in [4.78, 5) is 22.0. The van der Waals surface area contributed by atoms with E-state index in [0.717, 1.165) is 13.0 Å². The van der Waals surface area contributed by atoms with Crippen molar-refractivity contribution in [3.63, 3.8) is 0 Å². The monoisotopic (exact) mass is 245 g/mol. The first kappa shape index (κ1) is 15.9. The summed E-state index contributed by atoms with van der Waals surface area (Å²) in [6, 6.07) is 0. The van der Waals surface area contributed by atoms with Gasteiger partial charge in [0.05, 0.1) is 40.2 Å². The summed E-state index contributed by atoms with van der Waals surface area (Å²) >= 11 is 0. The van der Waals surface area contributed by atoms with Crippen LogP contribution in [0.5, 0.6) is 0 Å². The summed E-state index contributed by atoms with van der Waals surface area (Å²) < 4.78 is 0.604. The van der Waals surface area contributed by atoms with Crippen LogP contribution >= 0.6 is 0 Å². The van der Waals surface area contributed by atoms with Crippen molar-refractivity contribution in [1.82, 2.24) is 5.32 Å². The highest BCUT2D eigenvalue weighted by Crippen LogP contribution is 2.01. The van der Waals surface area contributed by atoms with E-state index in [1.165, 1.54) is 0 Å². The van der Waals surface area contributed by atoms with Gasteiger partial charge >= 0.3 is 5.97 Å². The molecule has 0 spiro atoms. The lowest BCUT2D eigenvalue weighted by Gasteiger charge is -2.29. The molecule has 0 saturated heterocycles. The molecule has 0 radical (unpaired) electrons. The molecule has 1 unspecified atom stereocenters. The van der Waals surface area contributed by atoms with Gasteiger partial charge < -0.3 is 14.9 Å². The van der Waals surface area contributed by atoms with Crippen molar-refractivity contribution < 1.29 is 19.2 Å². The zero-order valence-electron chi connectivity index (χ0n) is 11.3. The second kappa shape index (κ2) is 7.27. The summed E-state index contributed by atoms with van der Waals surface area (Å²) in [5.41, 5.74) is 0. The molecule has 0 bridgehead atoms. The number of nitrogens with zero attached hydrogens (tertiary/aromatic N) is 1. The number of carbonyl (C=O) groups excluding carboxylic acids is 1. The fourth-order valence-corrected chi connectivity index (χ4v) is 1.35. The molecule has 1 amide bonds. The molecule has 0 aromatic carbocycles. The summed E-state index contributed by atoms with van der Waals surface area (Å²) in [7, 11) is 3.94. The topological polar surface area (TPSA) is 66.4 Å². The van der Waals surface area contributed by atoms with E-state index in [1.807, 2.05) is 27.9 Å². The maximum Gasteiger partial charge on any atom is 0.309 e. The number of carbonyl (C=O) groups is 2. The van der Waals surface area contributed by atoms with Crippen molar-refractivity contribution in [3.05, 3.63) is 0 Å². The predicted molar refractivity (Wildman–Crippen MR) is 66.6 cm³/mol. The van der Waals surface area contributed by atoms with Crippen molar-refractivity contribution in [2.75, 3.05) is 33.7 Å². The van der Waals surface area contributed by atoms with E-state index in [1.54, 1.807) is 0 Å². The average Bonchev–Trinajstić information content (AvgIpc) is 2.25. The van der Waals surface area contributed by atoms with Crippen molar-refractivity contribution in [1.29, 1.82) is 0 Å². The van der Waals surface area contributed by atoms with Gasteiger partial charge in [0.1, 0.15) is 0 Å². The van der Waals surface area contributed by atoms with Crippen LogP contribution in [0.25, 0.3) is 0 Å². The number of carboxylic acids is 1. The van der Waals surface area contributed by atoms with Crippen molar-refractivity contribution in [3.8, 4) is 0 Å². The molecule has 1 atom stereocenters. The molecule has 0 heterocycles. The smallest absolute Gasteiger partial charge is 0.309 e. The molecule has 5 nitrogen and oxygen atoms in total. The zero-order chi connectivity index (χ0) is 13.5. The van der Waals surface area contributed by atoms with Gasteiger partial charge in [-0.25, -0.2) is 0 Å². The Morgan fingerprint density at radius 3 is 2.35 bits per heavy atom. The molecule has 0 aliphatic rings. The Morgan fingerprint density at radius 2 is 1.88 bits per heavy atom. The van der Waals surface area contributed by atoms with Crippen LogP contribution in [0, 0.1) is 5.92 Å². The Bertz CT molecular complexity index is 264. The molecule has 0 rings (SSSR count). The maximum atomic E-state index is 11.5. The van der Waals surface area contributed by atoms with Crippen LogP contribution in [0.1, 0.15) is 26.7 Å². The van der Waals surface area contributed by atoms with Crippen molar-refractivity contribution in [2.24, 2.45) is 5.92 Å². The van der Waals surface area contributed by atoms with Gasteiger partial charge in [-0.2, -0.15) is 0 Å². The van der Waals surface area contributed by atoms with Crippen molar-refractivity contribution in [2.45, 2.75) is 26.7 Å². The molecule has 100 valence electrons. The van der Waals surface area contributed by atoms with Gasteiger partial charge in [0.25, 0.3) is 0 Å². The van der Waals surface area contributed by atoms with Gasteiger partial charge in [0.2, 0.25) is 5.91 Å². The number of rotatable bonds is 8. The summed E-state index contributed by atoms with van der Waals surface area (Å²) in [6.45, 7) is 5.80. The van der Waals surface area contributed by atoms with Crippen LogP contribution < -0.4 is 5.32 Å². The molecule has 17 heavy (non-hydrogen) atoms. The molecule has 0 aliphatic heterocycles. The number of aliphatic carboxylic acids is 1. The zero-order valence-corrected chi connectivity index (χ0v) is 11.3. The Balaban J connectivity index is 3.86. The van der Waals surface area contributed by atoms with Gasteiger partial charge in [-0.15, -0.1) is 0 Å². The standard InChI is InChI=1S/C12H24N2O3/c1-5-10(2)12(17)13-7-9-14(3,4)8-6-11(15)16/h10H,5-9H2,1-4H3,(H-,13,15,16,17)/p+1. The fraction of sp³-hybridized carbons (Fsp3) is 0.833. The minimum atomic E-state index is -0.778. The van der Waals surface area contributed by atoms with Crippen LogP contribution in [0.4, 0.5) is 0 Å². The molecule has 0 aromatic heterocycles. The SMILES string of the molecule is CCC(C)C(=O)NCC[N+](C)(C)CCC(=O)O. The molecule has 0 aliphatic carbocycles. The van der Waals surface area contributed by atoms with E-state index in [2.05, 4.69) is 5.32 Å². The van der Waals surface area contributed by atoms with E-state index in [0.29, 0.717) is 17.6 Å². The highest BCUT2D eigenvalue weighted by Gasteiger charge is 2.17. The Labute approximate surface area is 103 Å². The van der Waals surface area contributed by atoms with Gasteiger partial charge in [-0.3, -0.25) is 9.59 Å². The highest BCUT2D eigenvalue weighted by atomic mass is 16.4. The number of amides is 1. The molecule has 0 fully saturated rings. The van der Waals surface area contributed by atoms with E-state index < -0.39 is 5.97 Å². The Hall–Kier alpha value is -1.10. The number of hydrogen-bond acceptors (Lipinski definition) is 2. The van der Waals surface area contributed by atoms with E-state index in [-0.39, 0.29) is 18.2 Å². The highest BCUT2D eigenvalue weighted by molar-refractivity contribution is 5.78. The summed E-state index contributed by atoms with van der Waals surface area (Å²) in [5.74, 6) is -0.657. The van der Waals surface area contributed by atoms with Crippen LogP contribution in [0.3, 0.4) is 0 Å². The third-order valence-corrected chi connectivity index (χ3v) is 3.01. The first-order valence-corrected chi connectivity index (χ1v) is 6.10. The maximum absolute atomic E-state index is 11.5. The normalized spacial score (nSPS) is 13.2. The van der Waals surface area contributed by atoms with E-state index in [4.69, 9.17) is 5.11 Å². The van der Waals surface area contributed by atoms with Gasteiger partial charge in [-0.05, 0) is 6.42 Å². The molecule has 5 heteroatoms.